The predicted octanol–water partition coefficient (Wildman–Crippen LogP) is 5.49. The molecule has 0 unspecified atom stereocenters. The molecule has 0 saturated heterocycles. The van der Waals surface area contributed by atoms with Crippen molar-refractivity contribution in [3.63, 3.8) is 0 Å². The molecule has 2 aromatic rings. The summed E-state index contributed by atoms with van der Waals surface area (Å²) in [7, 11) is 0. The van der Waals surface area contributed by atoms with Gasteiger partial charge in [-0.25, -0.2) is 0 Å². The summed E-state index contributed by atoms with van der Waals surface area (Å²) in [6.45, 7) is 6.32. The summed E-state index contributed by atoms with van der Waals surface area (Å²) in [4.78, 5) is 27.1. The monoisotopic (exact) mass is 361 g/mol. The number of Topliss-reactive ketones (excluding diaryl/α,β-unsaturated/α-hetero) is 1. The molecule has 1 aliphatic rings. The lowest BCUT2D eigenvalue weighted by molar-refractivity contribution is -0.126. The van der Waals surface area contributed by atoms with E-state index in [4.69, 9.17) is 0 Å². The Morgan fingerprint density at radius 2 is 1.52 bits per heavy atom. The van der Waals surface area contributed by atoms with Crippen LogP contribution in [0.1, 0.15) is 56.7 Å². The zero-order valence-electron chi connectivity index (χ0n) is 16.4. The van der Waals surface area contributed by atoms with Gasteiger partial charge >= 0.3 is 0 Å². The van der Waals surface area contributed by atoms with Crippen molar-refractivity contribution in [2.24, 2.45) is 5.41 Å². The van der Waals surface area contributed by atoms with Gasteiger partial charge in [0.15, 0.2) is 0 Å². The fourth-order valence-corrected chi connectivity index (χ4v) is 3.28. The second-order valence-electron chi connectivity index (χ2n) is 8.10. The van der Waals surface area contributed by atoms with Crippen molar-refractivity contribution >= 4 is 29.5 Å². The van der Waals surface area contributed by atoms with Gasteiger partial charge in [-0.3, -0.25) is 9.59 Å². The van der Waals surface area contributed by atoms with Crippen LogP contribution in [0, 0.1) is 5.41 Å². The van der Waals surface area contributed by atoms with Crippen molar-refractivity contribution < 1.29 is 9.59 Å². The van der Waals surface area contributed by atoms with E-state index in [9.17, 15) is 9.59 Å². The van der Waals surface area contributed by atoms with Gasteiger partial charge in [-0.15, -0.1) is 0 Å². The number of fused-ring (bicyclic) bond motifs is 2. The minimum atomic E-state index is -0.347. The SMILES string of the molecule is CC(C)(C)C(=O)CCCC(=O)N1Cc2ccccc2/C=C\c2ccccc21. The van der Waals surface area contributed by atoms with Crippen LogP contribution in [0.2, 0.25) is 0 Å². The van der Waals surface area contributed by atoms with Gasteiger partial charge in [0.2, 0.25) is 5.91 Å². The Labute approximate surface area is 161 Å². The topological polar surface area (TPSA) is 37.4 Å². The lowest BCUT2D eigenvalue weighted by Gasteiger charge is -2.27. The fourth-order valence-electron chi connectivity index (χ4n) is 3.28. The molecule has 3 nitrogen and oxygen atoms in total. The number of carbonyl (C=O) groups is 2. The number of hydrogen-bond acceptors (Lipinski definition) is 2. The molecule has 0 bridgehead atoms. The highest BCUT2D eigenvalue weighted by atomic mass is 16.2. The minimum Gasteiger partial charge on any atom is -0.307 e. The second-order valence-corrected chi connectivity index (χ2v) is 8.10. The lowest BCUT2D eigenvalue weighted by atomic mass is 9.88. The summed E-state index contributed by atoms with van der Waals surface area (Å²) >= 11 is 0. The summed E-state index contributed by atoms with van der Waals surface area (Å²) in [6, 6.07) is 16.1. The largest absolute Gasteiger partial charge is 0.307 e. The van der Waals surface area contributed by atoms with E-state index in [1.165, 1.54) is 0 Å². The summed E-state index contributed by atoms with van der Waals surface area (Å²) in [5.41, 5.74) is 3.87. The predicted molar refractivity (Wildman–Crippen MR) is 111 cm³/mol. The Hall–Kier alpha value is -2.68. The molecule has 3 rings (SSSR count). The van der Waals surface area contributed by atoms with Gasteiger partial charge in [-0.2, -0.15) is 0 Å². The van der Waals surface area contributed by atoms with Crippen LogP contribution in [0.3, 0.4) is 0 Å². The molecular weight excluding hydrogens is 334 g/mol. The van der Waals surface area contributed by atoms with Gasteiger partial charge in [-0.05, 0) is 29.2 Å². The third-order valence-electron chi connectivity index (χ3n) is 4.99. The number of nitrogens with zero attached hydrogens (tertiary/aromatic N) is 1. The number of carbonyl (C=O) groups excluding carboxylic acids is 2. The van der Waals surface area contributed by atoms with E-state index in [2.05, 4.69) is 24.3 Å². The average molecular weight is 361 g/mol. The third-order valence-corrected chi connectivity index (χ3v) is 4.99. The van der Waals surface area contributed by atoms with E-state index in [0.717, 1.165) is 22.4 Å². The standard InChI is InChI=1S/C24H27NO2/c1-24(2,3)22(26)13-8-14-23(27)25-17-20-11-5-4-9-18(20)15-16-19-10-6-7-12-21(19)25/h4-7,9-12,15-16H,8,13-14,17H2,1-3H3/b16-15-. The van der Waals surface area contributed by atoms with Crippen LogP contribution in [-0.2, 0) is 16.1 Å². The molecule has 1 heterocycles. The minimum absolute atomic E-state index is 0.0641. The maximum atomic E-state index is 13.1. The molecule has 0 aliphatic carbocycles. The molecule has 0 spiro atoms. The number of ketones is 1. The first-order valence-corrected chi connectivity index (χ1v) is 9.55. The summed E-state index contributed by atoms with van der Waals surface area (Å²) < 4.78 is 0. The molecule has 1 amide bonds. The number of amides is 1. The lowest BCUT2D eigenvalue weighted by Crippen LogP contribution is -2.31. The van der Waals surface area contributed by atoms with E-state index in [0.29, 0.717) is 25.8 Å². The number of anilines is 1. The molecule has 140 valence electrons. The van der Waals surface area contributed by atoms with Crippen LogP contribution in [-0.4, -0.2) is 11.7 Å². The molecule has 0 aromatic heterocycles. The fraction of sp³-hybridized carbons (Fsp3) is 0.333. The van der Waals surface area contributed by atoms with E-state index in [-0.39, 0.29) is 17.1 Å². The Bertz CT molecular complexity index is 874. The summed E-state index contributed by atoms with van der Waals surface area (Å²) in [6.07, 6.45) is 5.59. The van der Waals surface area contributed by atoms with Gasteiger partial charge in [0, 0.05) is 18.3 Å². The quantitative estimate of drug-likeness (QED) is 0.722. The summed E-state index contributed by atoms with van der Waals surface area (Å²) in [5, 5.41) is 0. The number of para-hydroxylation sites is 1. The molecule has 0 fully saturated rings. The van der Waals surface area contributed by atoms with Crippen molar-refractivity contribution in [3.8, 4) is 0 Å². The van der Waals surface area contributed by atoms with Crippen LogP contribution >= 0.6 is 0 Å². The molecular formula is C24H27NO2. The summed E-state index contributed by atoms with van der Waals surface area (Å²) in [5.74, 6) is 0.269. The Balaban J connectivity index is 1.82. The van der Waals surface area contributed by atoms with E-state index in [1.807, 2.05) is 62.1 Å². The molecule has 2 aromatic carbocycles. The van der Waals surface area contributed by atoms with Crippen LogP contribution in [0.15, 0.2) is 48.5 Å². The first kappa shape index (κ1) is 19.1. The van der Waals surface area contributed by atoms with E-state index < -0.39 is 0 Å². The van der Waals surface area contributed by atoms with Crippen molar-refractivity contribution in [2.45, 2.75) is 46.6 Å². The van der Waals surface area contributed by atoms with Crippen LogP contribution < -0.4 is 4.90 Å². The Morgan fingerprint density at radius 1 is 0.889 bits per heavy atom. The zero-order valence-corrected chi connectivity index (χ0v) is 16.4. The van der Waals surface area contributed by atoms with Crippen LogP contribution in [0.4, 0.5) is 5.69 Å². The van der Waals surface area contributed by atoms with Gasteiger partial charge < -0.3 is 4.90 Å². The van der Waals surface area contributed by atoms with Gasteiger partial charge in [0.05, 0.1) is 12.2 Å². The maximum Gasteiger partial charge on any atom is 0.227 e. The van der Waals surface area contributed by atoms with Crippen molar-refractivity contribution in [3.05, 3.63) is 65.2 Å². The van der Waals surface area contributed by atoms with Crippen LogP contribution in [0.25, 0.3) is 12.2 Å². The van der Waals surface area contributed by atoms with Gasteiger partial charge in [0.1, 0.15) is 5.78 Å². The molecule has 0 atom stereocenters. The Kier molecular flexibility index (Phi) is 5.59. The van der Waals surface area contributed by atoms with Crippen molar-refractivity contribution in [1.82, 2.24) is 0 Å². The maximum absolute atomic E-state index is 13.1. The molecule has 3 heteroatoms. The number of rotatable bonds is 4. The molecule has 0 saturated carbocycles. The smallest absolute Gasteiger partial charge is 0.227 e. The number of hydrogen-bond donors (Lipinski definition) is 0. The van der Waals surface area contributed by atoms with Crippen LogP contribution in [0.5, 0.6) is 0 Å². The molecule has 0 radical (unpaired) electrons. The van der Waals surface area contributed by atoms with Gasteiger partial charge in [0.25, 0.3) is 0 Å². The highest BCUT2D eigenvalue weighted by Gasteiger charge is 2.23. The highest BCUT2D eigenvalue weighted by molar-refractivity contribution is 5.97. The molecule has 0 N–H and O–H groups in total. The van der Waals surface area contributed by atoms with E-state index in [1.54, 1.807) is 0 Å². The zero-order chi connectivity index (χ0) is 19.4. The van der Waals surface area contributed by atoms with Crippen molar-refractivity contribution in [2.75, 3.05) is 4.90 Å². The normalized spacial score (nSPS) is 14.6. The second kappa shape index (κ2) is 7.91. The number of benzene rings is 2. The van der Waals surface area contributed by atoms with Crippen molar-refractivity contribution in [1.29, 1.82) is 0 Å². The highest BCUT2D eigenvalue weighted by Crippen LogP contribution is 2.29. The van der Waals surface area contributed by atoms with Gasteiger partial charge in [-0.1, -0.05) is 75.4 Å². The molecule has 1 aliphatic heterocycles. The average Bonchev–Trinajstić information content (AvgIpc) is 2.62. The Morgan fingerprint density at radius 3 is 2.26 bits per heavy atom. The third kappa shape index (κ3) is 4.54. The van der Waals surface area contributed by atoms with E-state index >= 15 is 0 Å². The molecule has 27 heavy (non-hydrogen) atoms. The first-order valence-electron chi connectivity index (χ1n) is 9.55. The first-order chi connectivity index (χ1) is 12.9.